The molecule has 0 radical (unpaired) electrons. The largest absolute Gasteiger partial charge is 0.394 e. The van der Waals surface area contributed by atoms with Crippen molar-refractivity contribution in [3.05, 3.63) is 29.9 Å². The number of rotatable bonds is 5. The molecule has 3 aromatic heterocycles. The van der Waals surface area contributed by atoms with E-state index in [1.165, 1.54) is 11.2 Å². The van der Waals surface area contributed by atoms with Gasteiger partial charge in [0, 0.05) is 0 Å². The molecule has 0 aromatic carbocycles. The number of H-pyrrole nitrogens is 1. The third kappa shape index (κ3) is 2.77. The standard InChI is InChI=1S/C15H18N4OS/c1-9(2)12(7-20)19-15-10-6-11(13-4-3-5-21-13)18-14(10)16-8-17-15/h3-6,8-9,12,20H,7H2,1-2H3,(H2,16,17,18,19)/t12-/m0/s1. The number of thiophene rings is 1. The highest BCUT2D eigenvalue weighted by Gasteiger charge is 2.16. The van der Waals surface area contributed by atoms with Gasteiger partial charge in [-0.1, -0.05) is 19.9 Å². The molecule has 0 bridgehead atoms. The van der Waals surface area contributed by atoms with Crippen LogP contribution in [0.1, 0.15) is 13.8 Å². The molecule has 0 saturated heterocycles. The molecule has 0 aliphatic rings. The Hall–Kier alpha value is -1.92. The van der Waals surface area contributed by atoms with Crippen LogP contribution < -0.4 is 5.32 Å². The zero-order valence-corrected chi connectivity index (χ0v) is 12.8. The number of anilines is 1. The van der Waals surface area contributed by atoms with Crippen LogP contribution in [0.5, 0.6) is 0 Å². The van der Waals surface area contributed by atoms with Crippen LogP contribution in [-0.2, 0) is 0 Å². The fourth-order valence-electron chi connectivity index (χ4n) is 2.22. The number of nitrogens with one attached hydrogen (secondary N) is 2. The highest BCUT2D eigenvalue weighted by molar-refractivity contribution is 7.13. The van der Waals surface area contributed by atoms with Crippen LogP contribution in [0.25, 0.3) is 21.6 Å². The molecule has 0 fully saturated rings. The van der Waals surface area contributed by atoms with Gasteiger partial charge in [-0.3, -0.25) is 0 Å². The molecule has 0 amide bonds. The van der Waals surface area contributed by atoms with E-state index in [0.29, 0.717) is 5.92 Å². The summed E-state index contributed by atoms with van der Waals surface area (Å²) in [5.74, 6) is 1.07. The first-order valence-corrected chi connectivity index (χ1v) is 7.82. The number of aromatic nitrogens is 3. The fourth-order valence-corrected chi connectivity index (χ4v) is 2.92. The first kappa shape index (κ1) is 14.0. The van der Waals surface area contributed by atoms with Crippen LogP contribution in [0, 0.1) is 5.92 Å². The van der Waals surface area contributed by atoms with Crippen LogP contribution in [0.3, 0.4) is 0 Å². The van der Waals surface area contributed by atoms with Crippen LogP contribution >= 0.6 is 11.3 Å². The monoisotopic (exact) mass is 302 g/mol. The Kier molecular flexibility index (Phi) is 3.90. The van der Waals surface area contributed by atoms with E-state index in [9.17, 15) is 5.11 Å². The molecule has 3 N–H and O–H groups in total. The summed E-state index contributed by atoms with van der Waals surface area (Å²) in [7, 11) is 0. The van der Waals surface area contributed by atoms with Gasteiger partial charge in [-0.2, -0.15) is 0 Å². The summed E-state index contributed by atoms with van der Waals surface area (Å²) in [6.45, 7) is 4.21. The Balaban J connectivity index is 2.00. The smallest absolute Gasteiger partial charge is 0.143 e. The summed E-state index contributed by atoms with van der Waals surface area (Å²) in [6, 6.07) is 6.12. The van der Waals surface area contributed by atoms with Gasteiger partial charge >= 0.3 is 0 Å². The van der Waals surface area contributed by atoms with Gasteiger partial charge in [0.05, 0.1) is 28.6 Å². The van der Waals surface area contributed by atoms with Gasteiger partial charge in [-0.25, -0.2) is 9.97 Å². The van der Waals surface area contributed by atoms with E-state index < -0.39 is 0 Å². The summed E-state index contributed by atoms with van der Waals surface area (Å²) in [6.07, 6.45) is 1.54. The maximum atomic E-state index is 9.47. The lowest BCUT2D eigenvalue weighted by Gasteiger charge is -2.20. The van der Waals surface area contributed by atoms with Crippen LogP contribution in [0.4, 0.5) is 5.82 Å². The van der Waals surface area contributed by atoms with Gasteiger partial charge in [-0.15, -0.1) is 11.3 Å². The van der Waals surface area contributed by atoms with E-state index in [-0.39, 0.29) is 12.6 Å². The second-order valence-corrected chi connectivity index (χ2v) is 6.27. The van der Waals surface area contributed by atoms with Crippen molar-refractivity contribution in [3.8, 4) is 10.6 Å². The second-order valence-electron chi connectivity index (χ2n) is 5.32. The minimum Gasteiger partial charge on any atom is -0.394 e. The van der Waals surface area contributed by atoms with Crippen molar-refractivity contribution >= 4 is 28.2 Å². The quantitative estimate of drug-likeness (QED) is 0.677. The van der Waals surface area contributed by atoms with Crippen LogP contribution in [0.15, 0.2) is 29.9 Å². The predicted molar refractivity (Wildman–Crippen MR) is 86.5 cm³/mol. The predicted octanol–water partition coefficient (Wildman–Crippen LogP) is 3.12. The SMILES string of the molecule is CC(C)[C@H](CO)Nc1ncnc2[nH]c(-c3cccs3)cc12. The van der Waals surface area contributed by atoms with Crippen molar-refractivity contribution in [2.45, 2.75) is 19.9 Å². The number of aliphatic hydroxyl groups is 1. The maximum Gasteiger partial charge on any atom is 0.143 e. The van der Waals surface area contributed by atoms with Crippen molar-refractivity contribution in [3.63, 3.8) is 0 Å². The summed E-state index contributed by atoms with van der Waals surface area (Å²) >= 11 is 1.68. The fraction of sp³-hybridized carbons (Fsp3) is 0.333. The Morgan fingerprint density at radius 2 is 2.24 bits per heavy atom. The molecule has 0 aliphatic carbocycles. The summed E-state index contributed by atoms with van der Waals surface area (Å²) < 4.78 is 0. The lowest BCUT2D eigenvalue weighted by Crippen LogP contribution is -2.29. The van der Waals surface area contributed by atoms with Gasteiger partial charge < -0.3 is 15.4 Å². The minimum atomic E-state index is -0.0248. The molecular weight excluding hydrogens is 284 g/mol. The van der Waals surface area contributed by atoms with Gasteiger partial charge in [0.25, 0.3) is 0 Å². The van der Waals surface area contributed by atoms with Crippen molar-refractivity contribution < 1.29 is 5.11 Å². The van der Waals surface area contributed by atoms with Crippen LogP contribution in [-0.4, -0.2) is 32.7 Å². The highest BCUT2D eigenvalue weighted by Crippen LogP contribution is 2.29. The first-order valence-electron chi connectivity index (χ1n) is 6.94. The third-order valence-electron chi connectivity index (χ3n) is 3.54. The average molecular weight is 302 g/mol. The molecule has 3 rings (SSSR count). The number of nitrogens with zero attached hydrogens (tertiary/aromatic N) is 2. The van der Waals surface area contributed by atoms with Gasteiger partial charge in [-0.05, 0) is 23.4 Å². The molecule has 0 unspecified atom stereocenters. The van der Waals surface area contributed by atoms with Gasteiger partial charge in [0.2, 0.25) is 0 Å². The zero-order valence-electron chi connectivity index (χ0n) is 12.0. The summed E-state index contributed by atoms with van der Waals surface area (Å²) in [5, 5.41) is 15.8. The summed E-state index contributed by atoms with van der Waals surface area (Å²) in [5.41, 5.74) is 1.84. The molecule has 3 aromatic rings. The summed E-state index contributed by atoms with van der Waals surface area (Å²) in [4.78, 5) is 13.1. The van der Waals surface area contributed by atoms with Crippen molar-refractivity contribution in [2.75, 3.05) is 11.9 Å². The van der Waals surface area contributed by atoms with E-state index in [4.69, 9.17) is 0 Å². The topological polar surface area (TPSA) is 73.8 Å². The molecule has 5 nitrogen and oxygen atoms in total. The molecule has 6 heteroatoms. The van der Waals surface area contributed by atoms with E-state index in [1.54, 1.807) is 11.3 Å². The average Bonchev–Trinajstić information content (AvgIpc) is 3.12. The highest BCUT2D eigenvalue weighted by atomic mass is 32.1. The minimum absolute atomic E-state index is 0.0248. The molecule has 0 spiro atoms. The van der Waals surface area contributed by atoms with Crippen LogP contribution in [0.2, 0.25) is 0 Å². The lowest BCUT2D eigenvalue weighted by molar-refractivity contribution is 0.249. The van der Waals surface area contributed by atoms with Gasteiger partial charge in [0.1, 0.15) is 17.8 Å². The van der Waals surface area contributed by atoms with E-state index in [1.807, 2.05) is 11.4 Å². The molecular formula is C15H18N4OS. The molecule has 110 valence electrons. The molecule has 0 saturated carbocycles. The van der Waals surface area contributed by atoms with E-state index in [0.717, 1.165) is 22.5 Å². The molecule has 21 heavy (non-hydrogen) atoms. The molecule has 3 heterocycles. The Labute approximate surface area is 127 Å². The van der Waals surface area contributed by atoms with E-state index >= 15 is 0 Å². The Morgan fingerprint density at radius 1 is 1.38 bits per heavy atom. The molecule has 0 aliphatic heterocycles. The number of fused-ring (bicyclic) bond motifs is 1. The van der Waals surface area contributed by atoms with Crippen molar-refractivity contribution in [2.24, 2.45) is 5.92 Å². The number of aromatic amines is 1. The number of hydrogen-bond acceptors (Lipinski definition) is 5. The third-order valence-corrected chi connectivity index (χ3v) is 4.44. The molecule has 1 atom stereocenters. The van der Waals surface area contributed by atoms with Crippen molar-refractivity contribution in [1.29, 1.82) is 0 Å². The normalized spacial score (nSPS) is 13.0. The Bertz CT molecular complexity index is 720. The Morgan fingerprint density at radius 3 is 2.90 bits per heavy atom. The lowest BCUT2D eigenvalue weighted by atomic mass is 10.1. The number of hydrogen-bond donors (Lipinski definition) is 3. The maximum absolute atomic E-state index is 9.47. The van der Waals surface area contributed by atoms with Gasteiger partial charge in [0.15, 0.2) is 0 Å². The van der Waals surface area contributed by atoms with E-state index in [2.05, 4.69) is 46.2 Å². The first-order chi connectivity index (χ1) is 10.2. The van der Waals surface area contributed by atoms with Crippen molar-refractivity contribution in [1.82, 2.24) is 15.0 Å². The zero-order chi connectivity index (χ0) is 14.8. The second kappa shape index (κ2) is 5.83. The number of aliphatic hydroxyl groups excluding tert-OH is 1.